The molecule has 2 aromatic carbocycles. The maximum atomic E-state index is 13.1. The molecule has 3 rings (SSSR count). The van der Waals surface area contributed by atoms with E-state index < -0.39 is 22.9 Å². The highest BCUT2D eigenvalue weighted by atomic mass is 19.1. The first-order chi connectivity index (χ1) is 12.4. The van der Waals surface area contributed by atoms with Gasteiger partial charge in [-0.1, -0.05) is 6.07 Å². The van der Waals surface area contributed by atoms with Gasteiger partial charge in [0, 0.05) is 6.21 Å². The molecular formula is C19H16FN3O3. The molecule has 26 heavy (non-hydrogen) atoms. The van der Waals surface area contributed by atoms with Crippen molar-refractivity contribution in [2.45, 2.75) is 13.8 Å². The van der Waals surface area contributed by atoms with E-state index in [9.17, 15) is 19.1 Å². The van der Waals surface area contributed by atoms with E-state index in [1.54, 1.807) is 6.07 Å². The molecule has 0 amide bonds. The predicted molar refractivity (Wildman–Crippen MR) is 97.5 cm³/mol. The summed E-state index contributed by atoms with van der Waals surface area (Å²) >= 11 is 0. The molecule has 0 unspecified atom stereocenters. The SMILES string of the molecule is Cc1ccc(N=Cc2c(O)n(-c3ccc(F)cc3)c(=O)[nH]c2=O)cc1C. The van der Waals surface area contributed by atoms with Crippen molar-refractivity contribution >= 4 is 11.9 Å². The van der Waals surface area contributed by atoms with Gasteiger partial charge in [0.2, 0.25) is 5.88 Å². The highest BCUT2D eigenvalue weighted by Crippen LogP contribution is 2.19. The van der Waals surface area contributed by atoms with Gasteiger partial charge >= 0.3 is 5.69 Å². The summed E-state index contributed by atoms with van der Waals surface area (Å²) in [4.78, 5) is 30.4. The van der Waals surface area contributed by atoms with Gasteiger partial charge in [-0.3, -0.25) is 14.8 Å². The van der Waals surface area contributed by atoms with Crippen molar-refractivity contribution in [2.75, 3.05) is 0 Å². The standard InChI is InChI=1S/C19H16FN3O3/c1-11-3-6-14(9-12(11)2)21-10-16-17(24)22-19(26)23(18(16)25)15-7-4-13(20)5-8-15/h3-10,25H,1-2H3,(H,22,24,26). The molecule has 0 aliphatic heterocycles. The predicted octanol–water partition coefficient (Wildman–Crippen LogP) is 2.74. The number of rotatable bonds is 3. The molecule has 1 heterocycles. The summed E-state index contributed by atoms with van der Waals surface area (Å²) in [5.41, 5.74) is 1.19. The molecule has 1 aromatic heterocycles. The lowest BCUT2D eigenvalue weighted by atomic mass is 10.1. The van der Waals surface area contributed by atoms with E-state index in [1.807, 2.05) is 26.0 Å². The van der Waals surface area contributed by atoms with Gasteiger partial charge in [-0.25, -0.2) is 13.8 Å². The third-order valence-electron chi connectivity index (χ3n) is 4.04. The van der Waals surface area contributed by atoms with Crippen LogP contribution in [0.2, 0.25) is 0 Å². The second kappa shape index (κ2) is 6.79. The molecule has 0 saturated heterocycles. The van der Waals surface area contributed by atoms with Crippen LogP contribution in [0.4, 0.5) is 10.1 Å². The van der Waals surface area contributed by atoms with E-state index in [-0.39, 0.29) is 11.3 Å². The molecule has 0 atom stereocenters. The molecule has 0 radical (unpaired) electrons. The number of nitrogens with zero attached hydrogens (tertiary/aromatic N) is 2. The lowest BCUT2D eigenvalue weighted by Gasteiger charge is -2.09. The molecule has 0 spiro atoms. The van der Waals surface area contributed by atoms with Gasteiger partial charge in [0.15, 0.2) is 0 Å². The quantitative estimate of drug-likeness (QED) is 0.710. The Morgan fingerprint density at radius 3 is 2.42 bits per heavy atom. The van der Waals surface area contributed by atoms with E-state index in [2.05, 4.69) is 9.98 Å². The number of aliphatic imine (C=N–C) groups is 1. The second-order valence-corrected chi connectivity index (χ2v) is 5.84. The van der Waals surface area contributed by atoms with Crippen LogP contribution in [0.5, 0.6) is 5.88 Å². The Morgan fingerprint density at radius 2 is 1.77 bits per heavy atom. The summed E-state index contributed by atoms with van der Waals surface area (Å²) in [5, 5.41) is 10.4. The van der Waals surface area contributed by atoms with Crippen molar-refractivity contribution in [3.05, 3.63) is 85.8 Å². The van der Waals surface area contributed by atoms with Crippen molar-refractivity contribution in [2.24, 2.45) is 4.99 Å². The fourth-order valence-electron chi connectivity index (χ4n) is 2.43. The van der Waals surface area contributed by atoms with Crippen molar-refractivity contribution in [1.82, 2.24) is 9.55 Å². The average Bonchev–Trinajstić information content (AvgIpc) is 2.59. The third-order valence-corrected chi connectivity index (χ3v) is 4.04. The minimum Gasteiger partial charge on any atom is -0.493 e. The molecule has 0 bridgehead atoms. The van der Waals surface area contributed by atoms with Crippen LogP contribution < -0.4 is 11.2 Å². The smallest absolute Gasteiger partial charge is 0.335 e. The molecule has 0 saturated carbocycles. The Balaban J connectivity index is 2.10. The Morgan fingerprint density at radius 1 is 1.08 bits per heavy atom. The molecule has 7 heteroatoms. The van der Waals surface area contributed by atoms with E-state index in [1.165, 1.54) is 18.3 Å². The van der Waals surface area contributed by atoms with Crippen LogP contribution >= 0.6 is 0 Å². The maximum absolute atomic E-state index is 13.1. The minimum atomic E-state index is -0.831. The average molecular weight is 353 g/mol. The number of H-pyrrole nitrogens is 1. The molecule has 6 nitrogen and oxygen atoms in total. The normalized spacial score (nSPS) is 11.2. The Kier molecular flexibility index (Phi) is 4.53. The summed E-state index contributed by atoms with van der Waals surface area (Å²) in [7, 11) is 0. The number of aromatic nitrogens is 2. The van der Waals surface area contributed by atoms with Crippen molar-refractivity contribution < 1.29 is 9.50 Å². The minimum absolute atomic E-state index is 0.174. The molecule has 132 valence electrons. The monoisotopic (exact) mass is 353 g/mol. The van der Waals surface area contributed by atoms with Gasteiger partial charge in [0.05, 0.1) is 11.4 Å². The number of hydrogen-bond acceptors (Lipinski definition) is 4. The summed E-state index contributed by atoms with van der Waals surface area (Å²) in [6, 6.07) is 10.4. The van der Waals surface area contributed by atoms with Gasteiger partial charge in [-0.2, -0.15) is 0 Å². The number of aromatic hydroxyl groups is 1. The number of aromatic amines is 1. The topological polar surface area (TPSA) is 87.4 Å². The van der Waals surface area contributed by atoms with Gasteiger partial charge in [0.1, 0.15) is 11.4 Å². The molecule has 0 aliphatic carbocycles. The molecule has 3 aromatic rings. The van der Waals surface area contributed by atoms with Gasteiger partial charge in [-0.05, 0) is 61.4 Å². The fourth-order valence-corrected chi connectivity index (χ4v) is 2.43. The third kappa shape index (κ3) is 3.32. The van der Waals surface area contributed by atoms with E-state index in [0.717, 1.165) is 27.8 Å². The summed E-state index contributed by atoms with van der Waals surface area (Å²) < 4.78 is 14.0. The zero-order chi connectivity index (χ0) is 18.8. The number of benzene rings is 2. The Bertz CT molecular complexity index is 1110. The maximum Gasteiger partial charge on any atom is 0.335 e. The van der Waals surface area contributed by atoms with Gasteiger partial charge < -0.3 is 5.11 Å². The Labute approximate surface area is 147 Å². The number of hydrogen-bond donors (Lipinski definition) is 2. The van der Waals surface area contributed by atoms with Crippen LogP contribution in [0.25, 0.3) is 5.69 Å². The number of nitrogens with one attached hydrogen (secondary N) is 1. The van der Waals surface area contributed by atoms with E-state index >= 15 is 0 Å². The van der Waals surface area contributed by atoms with Crippen molar-refractivity contribution in [3.8, 4) is 11.6 Å². The second-order valence-electron chi connectivity index (χ2n) is 5.84. The van der Waals surface area contributed by atoms with E-state index in [0.29, 0.717) is 5.69 Å². The largest absolute Gasteiger partial charge is 0.493 e. The molecular weight excluding hydrogens is 337 g/mol. The highest BCUT2D eigenvalue weighted by molar-refractivity contribution is 5.84. The lowest BCUT2D eigenvalue weighted by molar-refractivity contribution is 0.430. The van der Waals surface area contributed by atoms with Crippen LogP contribution in [0.1, 0.15) is 16.7 Å². The van der Waals surface area contributed by atoms with Crippen LogP contribution in [0.15, 0.2) is 57.0 Å². The molecule has 0 fully saturated rings. The number of aryl methyl sites for hydroxylation is 2. The molecule has 2 N–H and O–H groups in total. The van der Waals surface area contributed by atoms with Gasteiger partial charge in [-0.15, -0.1) is 0 Å². The van der Waals surface area contributed by atoms with Crippen molar-refractivity contribution in [3.63, 3.8) is 0 Å². The van der Waals surface area contributed by atoms with Crippen LogP contribution in [-0.2, 0) is 0 Å². The molecule has 0 aliphatic rings. The first-order valence-electron chi connectivity index (χ1n) is 7.82. The summed E-state index contributed by atoms with van der Waals surface area (Å²) in [5.74, 6) is -1.06. The zero-order valence-electron chi connectivity index (χ0n) is 14.2. The first-order valence-corrected chi connectivity index (χ1v) is 7.82. The summed E-state index contributed by atoms with van der Waals surface area (Å²) in [6.07, 6.45) is 1.19. The Hall–Kier alpha value is -3.48. The van der Waals surface area contributed by atoms with Crippen LogP contribution in [0.3, 0.4) is 0 Å². The number of halogens is 1. The highest BCUT2D eigenvalue weighted by Gasteiger charge is 2.14. The van der Waals surface area contributed by atoms with Crippen molar-refractivity contribution in [1.29, 1.82) is 0 Å². The van der Waals surface area contributed by atoms with Crippen LogP contribution in [0, 0.1) is 19.7 Å². The van der Waals surface area contributed by atoms with E-state index in [4.69, 9.17) is 0 Å². The summed E-state index contributed by atoms with van der Waals surface area (Å²) in [6.45, 7) is 3.91. The first kappa shape index (κ1) is 17.3. The lowest BCUT2D eigenvalue weighted by Crippen LogP contribution is -2.31. The van der Waals surface area contributed by atoms with Gasteiger partial charge in [0.25, 0.3) is 5.56 Å². The zero-order valence-corrected chi connectivity index (χ0v) is 14.2. The van der Waals surface area contributed by atoms with Crippen LogP contribution in [-0.4, -0.2) is 20.9 Å². The fraction of sp³-hybridized carbons (Fsp3) is 0.105.